The zero-order valence-electron chi connectivity index (χ0n) is 68.3. The summed E-state index contributed by atoms with van der Waals surface area (Å²) in [7, 11) is 0. The third-order valence-electron chi connectivity index (χ3n) is 27.4. The van der Waals surface area contributed by atoms with Crippen LogP contribution in [0, 0.1) is 0 Å². The van der Waals surface area contributed by atoms with E-state index in [-0.39, 0.29) is 5.92 Å². The molecular formula is C124H80. The Kier molecular flexibility index (Phi) is 16.7. The molecule has 12 aliphatic rings. The molecule has 0 aliphatic heterocycles. The summed E-state index contributed by atoms with van der Waals surface area (Å²) in [6.45, 7) is 0. The summed E-state index contributed by atoms with van der Waals surface area (Å²) in [6, 6.07) is 146. The van der Waals surface area contributed by atoms with Crippen LogP contribution < -0.4 is 0 Å². The fourth-order valence-electron chi connectivity index (χ4n) is 22.3. The molecule has 0 spiro atoms. The van der Waals surface area contributed by atoms with Gasteiger partial charge < -0.3 is 0 Å². The second kappa shape index (κ2) is 29.1. The van der Waals surface area contributed by atoms with Gasteiger partial charge in [0, 0.05) is 5.92 Å². The first-order chi connectivity index (χ1) is 61.6. The Labute approximate surface area is 724 Å². The fraction of sp³-hybridized carbons (Fsp3) is 0.0323. The van der Waals surface area contributed by atoms with Gasteiger partial charge in [-0.15, -0.1) is 0 Å². The highest BCUT2D eigenvalue weighted by atomic mass is 14.5. The number of allylic oxidation sites excluding steroid dienone is 14. The first kappa shape index (κ1) is 71.3. The Balaban J connectivity index is 0.0000000906. The molecule has 1 unspecified atom stereocenters. The van der Waals surface area contributed by atoms with Gasteiger partial charge in [0.2, 0.25) is 0 Å². The summed E-state index contributed by atoms with van der Waals surface area (Å²) in [5.74, 6) is 0.285. The van der Waals surface area contributed by atoms with Crippen molar-refractivity contribution in [1.29, 1.82) is 0 Å². The molecule has 0 saturated heterocycles. The van der Waals surface area contributed by atoms with Crippen LogP contribution >= 0.6 is 0 Å². The van der Waals surface area contributed by atoms with Gasteiger partial charge in [0.1, 0.15) is 0 Å². The largest absolute Gasteiger partial charge is 0.0795 e. The van der Waals surface area contributed by atoms with Gasteiger partial charge in [-0.3, -0.25) is 0 Å². The van der Waals surface area contributed by atoms with Crippen molar-refractivity contribution in [3.8, 4) is 0 Å². The van der Waals surface area contributed by atoms with E-state index in [4.69, 9.17) is 0 Å². The Hall–Kier alpha value is -15.6. The van der Waals surface area contributed by atoms with Crippen LogP contribution in [0.5, 0.6) is 0 Å². The fourth-order valence-corrected chi connectivity index (χ4v) is 22.3. The molecule has 576 valence electrons. The van der Waals surface area contributed by atoms with E-state index >= 15 is 0 Å². The molecule has 16 aromatic carbocycles. The highest BCUT2D eigenvalue weighted by molar-refractivity contribution is 6.39. The molecule has 0 heterocycles. The zero-order chi connectivity index (χ0) is 81.5. The minimum Gasteiger partial charge on any atom is -0.0795 e. The van der Waals surface area contributed by atoms with E-state index < -0.39 is 0 Å². The summed E-state index contributed by atoms with van der Waals surface area (Å²) in [5.41, 5.74) is 64.3. The lowest BCUT2D eigenvalue weighted by Gasteiger charge is -2.17. The molecule has 0 radical (unpaired) electrons. The van der Waals surface area contributed by atoms with Crippen LogP contribution in [0.15, 0.2) is 424 Å². The van der Waals surface area contributed by atoms with Crippen molar-refractivity contribution >= 4 is 113 Å². The molecule has 0 nitrogen and oxygen atoms in total. The molecule has 16 aromatic rings. The van der Waals surface area contributed by atoms with Crippen molar-refractivity contribution in [2.45, 2.75) is 25.2 Å². The summed E-state index contributed by atoms with van der Waals surface area (Å²) in [5, 5.41) is 0. The number of rotatable bonds is 8. The van der Waals surface area contributed by atoms with E-state index in [9.17, 15) is 0 Å². The summed E-state index contributed by atoms with van der Waals surface area (Å²) in [4.78, 5) is 0. The van der Waals surface area contributed by atoms with Crippen molar-refractivity contribution in [1.82, 2.24) is 0 Å². The molecule has 0 bridgehead atoms. The maximum absolute atomic E-state index is 2.40. The third-order valence-corrected chi connectivity index (χ3v) is 27.4. The number of hydrogen-bond acceptors (Lipinski definition) is 0. The second-order valence-corrected chi connectivity index (χ2v) is 33.9. The van der Waals surface area contributed by atoms with E-state index in [1.165, 1.54) is 262 Å². The summed E-state index contributed by atoms with van der Waals surface area (Å²) >= 11 is 0. The average Bonchev–Trinajstić information content (AvgIpc) is 1.56. The first-order valence-corrected chi connectivity index (χ1v) is 43.7. The molecule has 0 aromatic heterocycles. The van der Waals surface area contributed by atoms with Crippen molar-refractivity contribution in [2.24, 2.45) is 0 Å². The van der Waals surface area contributed by atoms with Gasteiger partial charge >= 0.3 is 0 Å². The molecule has 1 atom stereocenters. The highest BCUT2D eigenvalue weighted by Gasteiger charge is 2.44. The molecule has 124 heavy (non-hydrogen) atoms. The summed E-state index contributed by atoms with van der Waals surface area (Å²) in [6.07, 6.45) is 19.3. The van der Waals surface area contributed by atoms with E-state index in [1.54, 1.807) is 0 Å². The normalized spacial score (nSPS) is 15.9. The standard InChI is InChI=1S/4C31H20/c1-2-10-21(11-3-1)28-24-14-4-6-16-26(24)31-29(25-15-5-7-17-27(25)30(28)31)23-19-9-13-20-12-8-18-22(20)23;1-2-9-21(10-3-1)28-24-13-4-6-15-26(24)31-29(25-14-5-7-16-27(25)30(28)31)23-18-17-20-11-8-12-22(20)19-23;1-2-11-21(12-3-1)28-23-14-6-8-16-25(23)31-29(24-15-7-9-17-26(24)30(28)31)27-19-18-20-10-4-5-13-22(20)27;1-2-10-20(11-3-1)28-24-14-6-8-16-26(24)31-29(25-15-7-9-17-27(25)30(28)31)23-18-21-12-4-5-13-22(21)19-23/h1-11,13-19H,12H2;1-10,12-19H,11H2;1-19,27H;1-18H,19H2. The molecule has 28 rings (SSSR count). The Morgan fingerprint density at radius 3 is 0.976 bits per heavy atom. The second-order valence-electron chi connectivity index (χ2n) is 33.9. The van der Waals surface area contributed by atoms with Gasteiger partial charge in [0.25, 0.3) is 0 Å². The van der Waals surface area contributed by atoms with E-state index in [2.05, 4.69) is 443 Å². The van der Waals surface area contributed by atoms with Crippen LogP contribution in [-0.2, 0) is 19.3 Å². The van der Waals surface area contributed by atoms with Crippen molar-refractivity contribution in [3.05, 3.63) is 591 Å². The van der Waals surface area contributed by atoms with Gasteiger partial charge in [-0.25, -0.2) is 0 Å². The van der Waals surface area contributed by atoms with Crippen LogP contribution in [0.1, 0.15) is 173 Å². The number of hydrogen-bond donors (Lipinski definition) is 0. The molecule has 0 amide bonds. The Bertz CT molecular complexity index is 7720. The van der Waals surface area contributed by atoms with Gasteiger partial charge in [-0.1, -0.05) is 437 Å². The molecule has 12 aliphatic carbocycles. The number of benzene rings is 16. The van der Waals surface area contributed by atoms with Gasteiger partial charge in [0.05, 0.1) is 0 Å². The average molecular weight is 1570 g/mol. The van der Waals surface area contributed by atoms with Crippen molar-refractivity contribution in [3.63, 3.8) is 0 Å². The van der Waals surface area contributed by atoms with Crippen LogP contribution in [-0.4, -0.2) is 0 Å². The lowest BCUT2D eigenvalue weighted by Crippen LogP contribution is -1.98. The molecular weight excluding hydrogens is 1490 g/mol. The third kappa shape index (κ3) is 11.1. The van der Waals surface area contributed by atoms with Gasteiger partial charge in [-0.05, 0) is 287 Å². The first-order valence-electron chi connectivity index (χ1n) is 43.7. The molecule has 0 fully saturated rings. The lowest BCUT2D eigenvalue weighted by atomic mass is 9.86. The SMILES string of the molecule is C1=C(C2=C3C(=C(c4ccccc4)c4ccccc43)c3ccccc32)Cc2ccccc21.C1=CC(C2=C3C(=C(c4ccccc4)c4ccccc43)c3ccccc32)c2ccccc21.C1=Cc2c(cccc2C2=C3C(=C(c4ccccc4)c4ccccc43)c3ccccc32)C1.C1=Cc2cc(C3=C4C(=C(c5ccccc5)c5ccccc54)c4ccccc43)ccc2C1. The quantitative estimate of drug-likeness (QED) is 0.142. The lowest BCUT2D eigenvalue weighted by molar-refractivity contribution is 1.14. The zero-order valence-corrected chi connectivity index (χ0v) is 68.3. The van der Waals surface area contributed by atoms with Crippen LogP contribution in [0.2, 0.25) is 0 Å². The van der Waals surface area contributed by atoms with Crippen LogP contribution in [0.4, 0.5) is 0 Å². The minimum atomic E-state index is 0.285. The topological polar surface area (TPSA) is 0 Å². The number of fused-ring (bicyclic) bond motifs is 24. The monoisotopic (exact) mass is 1570 g/mol. The minimum absolute atomic E-state index is 0.285. The van der Waals surface area contributed by atoms with Gasteiger partial charge in [0.15, 0.2) is 0 Å². The Morgan fingerprint density at radius 2 is 0.508 bits per heavy atom. The van der Waals surface area contributed by atoms with Crippen LogP contribution in [0.3, 0.4) is 0 Å². The molecule has 0 saturated carbocycles. The van der Waals surface area contributed by atoms with Crippen molar-refractivity contribution in [2.75, 3.05) is 0 Å². The smallest absolute Gasteiger partial charge is 0.0291 e. The van der Waals surface area contributed by atoms with Crippen molar-refractivity contribution < 1.29 is 0 Å². The van der Waals surface area contributed by atoms with E-state index in [1.807, 2.05) is 0 Å². The van der Waals surface area contributed by atoms with Crippen LogP contribution in [0.25, 0.3) is 113 Å². The maximum Gasteiger partial charge on any atom is 0.0291 e. The Morgan fingerprint density at radius 1 is 0.185 bits per heavy atom. The summed E-state index contributed by atoms with van der Waals surface area (Å²) < 4.78 is 0. The van der Waals surface area contributed by atoms with E-state index in [0.29, 0.717) is 0 Å². The van der Waals surface area contributed by atoms with Gasteiger partial charge in [-0.2, -0.15) is 0 Å². The highest BCUT2D eigenvalue weighted by Crippen LogP contribution is 2.65. The molecule has 0 heteroatoms. The predicted octanol–water partition coefficient (Wildman–Crippen LogP) is 30.2. The van der Waals surface area contributed by atoms with E-state index in [0.717, 1.165) is 19.3 Å². The molecule has 0 N–H and O–H groups in total. The predicted molar refractivity (Wildman–Crippen MR) is 521 cm³/mol. The maximum atomic E-state index is 2.40.